The van der Waals surface area contributed by atoms with Gasteiger partial charge < -0.3 is 10.2 Å². The van der Waals surface area contributed by atoms with Crippen molar-refractivity contribution in [3.05, 3.63) is 35.4 Å². The van der Waals surface area contributed by atoms with Crippen molar-refractivity contribution in [1.29, 1.82) is 0 Å². The van der Waals surface area contributed by atoms with Crippen LogP contribution in [0, 0.1) is 11.3 Å². The summed E-state index contributed by atoms with van der Waals surface area (Å²) in [5, 5.41) is 3.22. The fourth-order valence-corrected chi connectivity index (χ4v) is 5.27. The number of hydrogen-bond donors (Lipinski definition) is 1. The summed E-state index contributed by atoms with van der Waals surface area (Å²) in [5.74, 6) is 0.861. The van der Waals surface area contributed by atoms with E-state index in [1.165, 1.54) is 5.56 Å². The summed E-state index contributed by atoms with van der Waals surface area (Å²) in [4.78, 5) is 27.9. The first-order valence-electron chi connectivity index (χ1n) is 10.2. The van der Waals surface area contributed by atoms with Crippen LogP contribution in [0.15, 0.2) is 24.3 Å². The predicted octanol–water partition coefficient (Wildman–Crippen LogP) is 3.55. The molecule has 1 saturated heterocycles. The second-order valence-corrected chi connectivity index (χ2v) is 8.76. The molecule has 2 bridgehead atoms. The van der Waals surface area contributed by atoms with Gasteiger partial charge in [0.05, 0.1) is 6.04 Å². The van der Waals surface area contributed by atoms with Gasteiger partial charge in [-0.15, -0.1) is 0 Å². The van der Waals surface area contributed by atoms with Gasteiger partial charge in [-0.3, -0.25) is 9.59 Å². The summed E-state index contributed by atoms with van der Waals surface area (Å²) in [7, 11) is 0. The Kier molecular flexibility index (Phi) is 4.54. The number of fused-ring (bicyclic) bond motifs is 2. The average molecular weight is 354 g/mol. The third-order valence-corrected chi connectivity index (χ3v) is 6.91. The molecule has 4 heteroatoms. The highest BCUT2D eigenvalue weighted by atomic mass is 16.2. The van der Waals surface area contributed by atoms with Crippen LogP contribution in [0.4, 0.5) is 0 Å². The summed E-state index contributed by atoms with van der Waals surface area (Å²) < 4.78 is 0. The highest BCUT2D eigenvalue weighted by Crippen LogP contribution is 2.44. The minimum absolute atomic E-state index is 0.00956. The van der Waals surface area contributed by atoms with Crippen molar-refractivity contribution < 1.29 is 9.59 Å². The highest BCUT2D eigenvalue weighted by molar-refractivity contribution is 5.94. The maximum absolute atomic E-state index is 13.1. The molecule has 26 heavy (non-hydrogen) atoms. The number of carbonyl (C=O) groups is 2. The van der Waals surface area contributed by atoms with E-state index < -0.39 is 0 Å². The number of rotatable bonds is 4. The monoisotopic (exact) mass is 354 g/mol. The standard InChI is InChI=1S/C22H30N2O2/c1-3-15-6-8-17(9-7-15)20(25)23-18-12-16-13-19(18)24(14-16)21(26)22(2)10-4-5-11-22/h6-9,16,18-19H,3-5,10-14H2,1-2H3,(H,23,25). The smallest absolute Gasteiger partial charge is 0.251 e. The van der Waals surface area contributed by atoms with E-state index in [1.807, 2.05) is 24.3 Å². The normalized spacial score (nSPS) is 29.2. The molecule has 3 aliphatic rings. The quantitative estimate of drug-likeness (QED) is 0.899. The van der Waals surface area contributed by atoms with E-state index in [0.29, 0.717) is 17.4 Å². The number of carbonyl (C=O) groups excluding carboxylic acids is 2. The highest BCUT2D eigenvalue weighted by Gasteiger charge is 2.51. The second-order valence-electron chi connectivity index (χ2n) is 8.76. The second kappa shape index (κ2) is 6.71. The van der Waals surface area contributed by atoms with Crippen LogP contribution in [0.25, 0.3) is 0 Å². The van der Waals surface area contributed by atoms with Gasteiger partial charge in [0.2, 0.25) is 5.91 Å². The zero-order valence-corrected chi connectivity index (χ0v) is 16.0. The van der Waals surface area contributed by atoms with E-state index in [2.05, 4.69) is 24.1 Å². The molecular formula is C22H30N2O2. The van der Waals surface area contributed by atoms with Gasteiger partial charge in [0.25, 0.3) is 5.91 Å². The molecule has 2 saturated carbocycles. The number of hydrogen-bond acceptors (Lipinski definition) is 2. The minimum Gasteiger partial charge on any atom is -0.347 e. The first kappa shape index (κ1) is 17.6. The first-order chi connectivity index (χ1) is 12.5. The van der Waals surface area contributed by atoms with Gasteiger partial charge >= 0.3 is 0 Å². The Bertz CT molecular complexity index is 691. The lowest BCUT2D eigenvalue weighted by Gasteiger charge is -2.38. The minimum atomic E-state index is -0.172. The van der Waals surface area contributed by atoms with E-state index >= 15 is 0 Å². The first-order valence-corrected chi connectivity index (χ1v) is 10.2. The van der Waals surface area contributed by atoms with Crippen LogP contribution in [0.1, 0.15) is 68.3 Å². The third-order valence-electron chi connectivity index (χ3n) is 6.91. The number of nitrogens with one attached hydrogen (secondary N) is 1. The van der Waals surface area contributed by atoms with Gasteiger partial charge in [-0.2, -0.15) is 0 Å². The molecule has 4 nitrogen and oxygen atoms in total. The van der Waals surface area contributed by atoms with Crippen molar-refractivity contribution in [2.75, 3.05) is 6.54 Å². The van der Waals surface area contributed by atoms with Gasteiger partial charge in [0.15, 0.2) is 0 Å². The number of likely N-dealkylation sites (tertiary alicyclic amines) is 1. The summed E-state index contributed by atoms with van der Waals surface area (Å²) in [6, 6.07) is 8.14. The van der Waals surface area contributed by atoms with Crippen LogP contribution >= 0.6 is 0 Å². The van der Waals surface area contributed by atoms with Gasteiger partial charge in [-0.05, 0) is 55.7 Å². The Balaban J connectivity index is 1.43. The molecular weight excluding hydrogens is 324 g/mol. The molecule has 3 fully saturated rings. The van der Waals surface area contributed by atoms with Crippen molar-refractivity contribution in [2.24, 2.45) is 11.3 Å². The molecule has 0 radical (unpaired) electrons. The van der Waals surface area contributed by atoms with E-state index in [-0.39, 0.29) is 23.4 Å². The zero-order chi connectivity index (χ0) is 18.3. The third kappa shape index (κ3) is 3.04. The molecule has 140 valence electrons. The van der Waals surface area contributed by atoms with Gasteiger partial charge in [0.1, 0.15) is 0 Å². The number of amides is 2. The molecule has 1 heterocycles. The van der Waals surface area contributed by atoms with Crippen molar-refractivity contribution in [2.45, 2.75) is 70.9 Å². The fraction of sp³-hybridized carbons (Fsp3) is 0.636. The van der Waals surface area contributed by atoms with E-state index in [1.54, 1.807) is 0 Å². The van der Waals surface area contributed by atoms with Crippen LogP contribution in [0.2, 0.25) is 0 Å². The average Bonchev–Trinajstić information content (AvgIpc) is 3.37. The molecule has 1 aromatic rings. The predicted molar refractivity (Wildman–Crippen MR) is 102 cm³/mol. The van der Waals surface area contributed by atoms with Crippen LogP contribution in [0.3, 0.4) is 0 Å². The van der Waals surface area contributed by atoms with E-state index in [9.17, 15) is 9.59 Å². The SMILES string of the molecule is CCc1ccc(C(=O)NC2CC3CC2N(C(=O)C2(C)CCCC2)C3)cc1. The molecule has 4 rings (SSSR count). The number of benzene rings is 1. The lowest BCUT2D eigenvalue weighted by atomic mass is 9.86. The molecule has 0 aromatic heterocycles. The maximum Gasteiger partial charge on any atom is 0.251 e. The van der Waals surface area contributed by atoms with E-state index in [0.717, 1.165) is 51.5 Å². The van der Waals surface area contributed by atoms with Crippen LogP contribution in [0.5, 0.6) is 0 Å². The summed E-state index contributed by atoms with van der Waals surface area (Å²) in [6.07, 6.45) is 7.38. The van der Waals surface area contributed by atoms with Crippen molar-refractivity contribution in [3.8, 4) is 0 Å². The Hall–Kier alpha value is -1.84. The molecule has 0 spiro atoms. The van der Waals surface area contributed by atoms with Crippen molar-refractivity contribution >= 4 is 11.8 Å². The largest absolute Gasteiger partial charge is 0.347 e. The summed E-state index contributed by atoms with van der Waals surface area (Å²) in [5.41, 5.74) is 1.78. The molecule has 3 unspecified atom stereocenters. The van der Waals surface area contributed by atoms with Gasteiger partial charge in [-0.25, -0.2) is 0 Å². The summed E-state index contributed by atoms with van der Waals surface area (Å²) in [6.45, 7) is 5.13. The fourth-order valence-electron chi connectivity index (χ4n) is 5.27. The summed E-state index contributed by atoms with van der Waals surface area (Å²) >= 11 is 0. The molecule has 2 amide bonds. The Morgan fingerprint density at radius 1 is 1.15 bits per heavy atom. The number of aryl methyl sites for hydroxylation is 1. The van der Waals surface area contributed by atoms with Crippen LogP contribution in [-0.4, -0.2) is 35.3 Å². The Morgan fingerprint density at radius 2 is 1.85 bits per heavy atom. The zero-order valence-electron chi connectivity index (χ0n) is 16.0. The van der Waals surface area contributed by atoms with Crippen LogP contribution in [-0.2, 0) is 11.2 Å². The van der Waals surface area contributed by atoms with E-state index in [4.69, 9.17) is 0 Å². The van der Waals surface area contributed by atoms with Crippen LogP contribution < -0.4 is 5.32 Å². The molecule has 1 aliphatic heterocycles. The van der Waals surface area contributed by atoms with Crippen molar-refractivity contribution in [3.63, 3.8) is 0 Å². The number of nitrogens with zero attached hydrogens (tertiary/aromatic N) is 1. The number of piperidine rings is 1. The van der Waals surface area contributed by atoms with Gasteiger partial charge in [0, 0.05) is 23.6 Å². The lowest BCUT2D eigenvalue weighted by Crippen LogP contribution is -2.54. The molecule has 2 aliphatic carbocycles. The Morgan fingerprint density at radius 3 is 2.46 bits per heavy atom. The topological polar surface area (TPSA) is 49.4 Å². The van der Waals surface area contributed by atoms with Gasteiger partial charge in [-0.1, -0.05) is 38.8 Å². The Labute approximate surface area is 156 Å². The van der Waals surface area contributed by atoms with Crippen molar-refractivity contribution in [1.82, 2.24) is 10.2 Å². The molecule has 3 atom stereocenters. The lowest BCUT2D eigenvalue weighted by molar-refractivity contribution is -0.143. The maximum atomic E-state index is 13.1. The molecule has 1 N–H and O–H groups in total. The molecule has 1 aromatic carbocycles.